The second-order valence-electron chi connectivity index (χ2n) is 5.13. The Morgan fingerprint density at radius 2 is 1.17 bits per heavy atom. The lowest BCUT2D eigenvalue weighted by atomic mass is 10.2. The van der Waals surface area contributed by atoms with Crippen LogP contribution in [0.2, 0.25) is 5.02 Å². The van der Waals surface area contributed by atoms with Gasteiger partial charge in [-0.15, -0.1) is 0 Å². The molecule has 116 valence electrons. The SMILES string of the molecule is Clc1ccccc1COc1ccc(OCc2ccccc2)cc1. The minimum Gasteiger partial charge on any atom is -0.489 e. The summed E-state index contributed by atoms with van der Waals surface area (Å²) in [5.41, 5.74) is 2.12. The topological polar surface area (TPSA) is 18.5 Å². The van der Waals surface area contributed by atoms with Crippen molar-refractivity contribution in [3.8, 4) is 11.5 Å². The van der Waals surface area contributed by atoms with Gasteiger partial charge in [-0.2, -0.15) is 0 Å². The molecule has 0 fully saturated rings. The molecule has 0 aliphatic heterocycles. The van der Waals surface area contributed by atoms with Crippen molar-refractivity contribution in [3.05, 3.63) is 95.0 Å². The van der Waals surface area contributed by atoms with Crippen LogP contribution in [0.3, 0.4) is 0 Å². The number of hydrogen-bond acceptors (Lipinski definition) is 2. The first-order chi connectivity index (χ1) is 11.3. The Morgan fingerprint density at radius 1 is 0.609 bits per heavy atom. The van der Waals surface area contributed by atoms with Crippen molar-refractivity contribution < 1.29 is 9.47 Å². The summed E-state index contributed by atoms with van der Waals surface area (Å²) in [5.74, 6) is 1.61. The summed E-state index contributed by atoms with van der Waals surface area (Å²) >= 11 is 6.12. The second-order valence-corrected chi connectivity index (χ2v) is 5.53. The van der Waals surface area contributed by atoms with Crippen molar-refractivity contribution in [1.29, 1.82) is 0 Å². The lowest BCUT2D eigenvalue weighted by molar-refractivity contribution is 0.297. The van der Waals surface area contributed by atoms with E-state index in [-0.39, 0.29) is 0 Å². The second kappa shape index (κ2) is 7.70. The quantitative estimate of drug-likeness (QED) is 0.596. The molecule has 0 aromatic heterocycles. The highest BCUT2D eigenvalue weighted by Crippen LogP contribution is 2.21. The molecule has 0 bridgehead atoms. The van der Waals surface area contributed by atoms with Crippen LogP contribution in [-0.2, 0) is 13.2 Å². The smallest absolute Gasteiger partial charge is 0.120 e. The molecule has 0 spiro atoms. The molecular formula is C20H17ClO2. The molecule has 0 aliphatic rings. The Labute approximate surface area is 141 Å². The predicted molar refractivity (Wildman–Crippen MR) is 93.0 cm³/mol. The fraction of sp³-hybridized carbons (Fsp3) is 0.100. The summed E-state index contributed by atoms with van der Waals surface area (Å²) in [4.78, 5) is 0. The number of rotatable bonds is 6. The molecule has 0 saturated heterocycles. The molecule has 0 saturated carbocycles. The van der Waals surface area contributed by atoms with E-state index in [0.29, 0.717) is 13.2 Å². The van der Waals surface area contributed by atoms with E-state index in [0.717, 1.165) is 27.6 Å². The molecule has 0 heterocycles. The molecule has 3 heteroatoms. The van der Waals surface area contributed by atoms with Gasteiger partial charge in [0.15, 0.2) is 0 Å². The first-order valence-corrected chi connectivity index (χ1v) is 7.82. The lowest BCUT2D eigenvalue weighted by Gasteiger charge is -2.09. The van der Waals surface area contributed by atoms with Gasteiger partial charge in [-0.1, -0.05) is 60.1 Å². The number of hydrogen-bond donors (Lipinski definition) is 0. The Bertz CT molecular complexity index is 739. The molecule has 0 N–H and O–H groups in total. The number of ether oxygens (including phenoxy) is 2. The maximum atomic E-state index is 6.12. The third-order valence-corrected chi connectivity index (χ3v) is 3.79. The Kier molecular flexibility index (Phi) is 5.17. The molecule has 3 aromatic carbocycles. The van der Waals surface area contributed by atoms with Gasteiger partial charge in [-0.25, -0.2) is 0 Å². The van der Waals surface area contributed by atoms with E-state index >= 15 is 0 Å². The minimum atomic E-state index is 0.448. The molecule has 23 heavy (non-hydrogen) atoms. The van der Waals surface area contributed by atoms with E-state index in [1.807, 2.05) is 78.9 Å². The third-order valence-electron chi connectivity index (χ3n) is 3.42. The number of halogens is 1. The van der Waals surface area contributed by atoms with Gasteiger partial charge in [0.1, 0.15) is 24.7 Å². The Morgan fingerprint density at radius 3 is 1.83 bits per heavy atom. The third kappa shape index (κ3) is 4.51. The van der Waals surface area contributed by atoms with Crippen molar-refractivity contribution >= 4 is 11.6 Å². The van der Waals surface area contributed by atoms with Gasteiger partial charge in [0.25, 0.3) is 0 Å². The van der Waals surface area contributed by atoms with Crippen LogP contribution in [0.15, 0.2) is 78.9 Å². The van der Waals surface area contributed by atoms with E-state index in [1.165, 1.54) is 0 Å². The van der Waals surface area contributed by atoms with Gasteiger partial charge in [0, 0.05) is 10.6 Å². The van der Waals surface area contributed by atoms with Gasteiger partial charge in [-0.3, -0.25) is 0 Å². The van der Waals surface area contributed by atoms with Gasteiger partial charge in [0.2, 0.25) is 0 Å². The lowest BCUT2D eigenvalue weighted by Crippen LogP contribution is -1.97. The maximum Gasteiger partial charge on any atom is 0.120 e. The molecule has 2 nitrogen and oxygen atoms in total. The fourth-order valence-corrected chi connectivity index (χ4v) is 2.34. The van der Waals surface area contributed by atoms with Gasteiger partial charge >= 0.3 is 0 Å². The van der Waals surface area contributed by atoms with Crippen LogP contribution in [-0.4, -0.2) is 0 Å². The first-order valence-electron chi connectivity index (χ1n) is 7.44. The van der Waals surface area contributed by atoms with Crippen molar-refractivity contribution in [2.24, 2.45) is 0 Å². The zero-order valence-corrected chi connectivity index (χ0v) is 13.4. The molecule has 0 unspecified atom stereocenters. The summed E-state index contributed by atoms with van der Waals surface area (Å²) in [6.07, 6.45) is 0. The van der Waals surface area contributed by atoms with E-state index in [9.17, 15) is 0 Å². The van der Waals surface area contributed by atoms with Crippen LogP contribution in [0.5, 0.6) is 11.5 Å². The molecule has 0 amide bonds. The summed E-state index contributed by atoms with van der Waals surface area (Å²) < 4.78 is 11.5. The molecule has 3 rings (SSSR count). The summed E-state index contributed by atoms with van der Waals surface area (Å²) in [6.45, 7) is 1.00. The molecular weight excluding hydrogens is 308 g/mol. The monoisotopic (exact) mass is 324 g/mol. The van der Waals surface area contributed by atoms with Crippen molar-refractivity contribution in [1.82, 2.24) is 0 Å². The Balaban J connectivity index is 1.54. The summed E-state index contributed by atoms with van der Waals surface area (Å²) in [7, 11) is 0. The average Bonchev–Trinajstić information content (AvgIpc) is 2.61. The van der Waals surface area contributed by atoms with Gasteiger partial charge < -0.3 is 9.47 Å². The molecule has 3 aromatic rings. The zero-order valence-electron chi connectivity index (χ0n) is 12.6. The highest BCUT2D eigenvalue weighted by atomic mass is 35.5. The molecule has 0 atom stereocenters. The number of benzene rings is 3. The van der Waals surface area contributed by atoms with Crippen LogP contribution in [0.25, 0.3) is 0 Å². The minimum absolute atomic E-state index is 0.448. The van der Waals surface area contributed by atoms with Gasteiger partial charge in [-0.05, 0) is 35.9 Å². The highest BCUT2D eigenvalue weighted by molar-refractivity contribution is 6.31. The largest absolute Gasteiger partial charge is 0.489 e. The van der Waals surface area contributed by atoms with Crippen LogP contribution in [0.1, 0.15) is 11.1 Å². The van der Waals surface area contributed by atoms with E-state index in [4.69, 9.17) is 21.1 Å². The normalized spacial score (nSPS) is 10.3. The predicted octanol–water partition coefficient (Wildman–Crippen LogP) is 5.50. The molecule has 0 radical (unpaired) electrons. The van der Waals surface area contributed by atoms with Crippen LogP contribution in [0.4, 0.5) is 0 Å². The van der Waals surface area contributed by atoms with Crippen molar-refractivity contribution in [2.75, 3.05) is 0 Å². The van der Waals surface area contributed by atoms with Crippen molar-refractivity contribution in [2.45, 2.75) is 13.2 Å². The summed E-state index contributed by atoms with van der Waals surface area (Å²) in [5, 5.41) is 0.718. The van der Waals surface area contributed by atoms with Crippen LogP contribution >= 0.6 is 11.6 Å². The highest BCUT2D eigenvalue weighted by Gasteiger charge is 2.01. The van der Waals surface area contributed by atoms with E-state index < -0.39 is 0 Å². The first kappa shape index (κ1) is 15.4. The van der Waals surface area contributed by atoms with E-state index in [1.54, 1.807) is 0 Å². The molecule has 0 aliphatic carbocycles. The van der Waals surface area contributed by atoms with Gasteiger partial charge in [0.05, 0.1) is 0 Å². The maximum absolute atomic E-state index is 6.12. The zero-order chi connectivity index (χ0) is 15.9. The van der Waals surface area contributed by atoms with Crippen LogP contribution in [0, 0.1) is 0 Å². The average molecular weight is 325 g/mol. The fourth-order valence-electron chi connectivity index (χ4n) is 2.15. The van der Waals surface area contributed by atoms with E-state index in [2.05, 4.69) is 0 Å². The van der Waals surface area contributed by atoms with Crippen molar-refractivity contribution in [3.63, 3.8) is 0 Å². The standard InChI is InChI=1S/C20H17ClO2/c21-20-9-5-4-8-17(20)15-23-19-12-10-18(11-13-19)22-14-16-6-2-1-3-7-16/h1-13H,14-15H2. The Hall–Kier alpha value is -2.45. The van der Waals surface area contributed by atoms with Crippen LogP contribution < -0.4 is 9.47 Å². The summed E-state index contributed by atoms with van der Waals surface area (Å²) in [6, 6.07) is 25.4.